The highest BCUT2D eigenvalue weighted by atomic mass is 127. The fourth-order valence-electron chi connectivity index (χ4n) is 4.06. The third-order valence-corrected chi connectivity index (χ3v) is 6.69. The highest BCUT2D eigenvalue weighted by molar-refractivity contribution is 14.1. The first-order valence-corrected chi connectivity index (χ1v) is 12.4. The van der Waals surface area contributed by atoms with E-state index in [0.29, 0.717) is 50.5 Å². The van der Waals surface area contributed by atoms with Crippen LogP contribution < -0.4 is 29.6 Å². The number of ether oxygens (including phenoxy) is 4. The number of methoxy groups -OCH3 is 1. The summed E-state index contributed by atoms with van der Waals surface area (Å²) in [6, 6.07) is 8.27. The van der Waals surface area contributed by atoms with Gasteiger partial charge >= 0.3 is 0 Å². The molecule has 1 aliphatic heterocycles. The Morgan fingerprint density at radius 1 is 1.25 bits per heavy atom. The van der Waals surface area contributed by atoms with Gasteiger partial charge in [0.05, 0.1) is 17.3 Å². The van der Waals surface area contributed by atoms with Crippen molar-refractivity contribution in [2.45, 2.75) is 31.2 Å². The van der Waals surface area contributed by atoms with E-state index in [1.165, 1.54) is 7.11 Å². The number of nitrogens with one attached hydrogen (secondary N) is 2. The molecular weight excluding hydrogens is 583 g/mol. The molecule has 4 rings (SSSR count). The number of aliphatic hydroxyl groups is 2. The van der Waals surface area contributed by atoms with Crippen LogP contribution in [0, 0.1) is 3.57 Å². The van der Waals surface area contributed by atoms with Crippen LogP contribution in [-0.2, 0) is 11.3 Å². The Labute approximate surface area is 221 Å². The molecule has 0 aromatic heterocycles. The molecule has 3 atom stereocenters. The number of amides is 1. The topological polar surface area (TPSA) is 136 Å². The van der Waals surface area contributed by atoms with E-state index in [1.54, 1.807) is 18.2 Å². The first-order chi connectivity index (χ1) is 17.4. The van der Waals surface area contributed by atoms with Crippen LogP contribution in [0.2, 0.25) is 0 Å². The van der Waals surface area contributed by atoms with Crippen LogP contribution in [0.5, 0.6) is 23.0 Å². The third kappa shape index (κ3) is 5.91. The van der Waals surface area contributed by atoms with Crippen LogP contribution in [0.3, 0.4) is 0 Å². The van der Waals surface area contributed by atoms with E-state index in [2.05, 4.69) is 10.6 Å². The smallest absolute Gasteiger partial charge is 0.247 e. The van der Waals surface area contributed by atoms with Crippen molar-refractivity contribution in [1.82, 2.24) is 10.6 Å². The van der Waals surface area contributed by atoms with Crippen LogP contribution in [0.25, 0.3) is 0 Å². The molecule has 11 heteroatoms. The second-order valence-corrected chi connectivity index (χ2v) is 9.44. The summed E-state index contributed by atoms with van der Waals surface area (Å²) in [6.07, 6.45) is 0.663. The van der Waals surface area contributed by atoms with Crippen LogP contribution in [0.4, 0.5) is 0 Å². The molecule has 1 aliphatic carbocycles. The van der Waals surface area contributed by atoms with E-state index in [9.17, 15) is 14.7 Å². The number of halogens is 1. The molecular formula is C25H27IN2O8. The molecule has 0 radical (unpaired) electrons. The zero-order valence-corrected chi connectivity index (χ0v) is 21.7. The van der Waals surface area contributed by atoms with Crippen molar-refractivity contribution < 1.29 is 38.7 Å². The van der Waals surface area contributed by atoms with Gasteiger partial charge in [-0.15, -0.1) is 0 Å². The van der Waals surface area contributed by atoms with Crippen molar-refractivity contribution >= 4 is 34.8 Å². The summed E-state index contributed by atoms with van der Waals surface area (Å²) >= 11 is 2.03. The Morgan fingerprint density at radius 2 is 2.06 bits per heavy atom. The first kappa shape index (κ1) is 26.2. The first-order valence-electron chi connectivity index (χ1n) is 11.3. The molecule has 2 aliphatic rings. The maximum atomic E-state index is 12.7. The van der Waals surface area contributed by atoms with Crippen LogP contribution in [-0.4, -0.2) is 67.7 Å². The SMILES string of the molecule is COc1cc(C=O)cc(I)c1OC1C=C(C(=O)NCCO)CC(NCc2ccc3c(c2)OCO3)C1O. The van der Waals surface area contributed by atoms with Crippen molar-refractivity contribution in [3.8, 4) is 23.0 Å². The molecule has 2 aromatic rings. The summed E-state index contributed by atoms with van der Waals surface area (Å²) in [5.74, 6) is 1.68. The van der Waals surface area contributed by atoms with Gasteiger partial charge in [-0.3, -0.25) is 9.59 Å². The van der Waals surface area contributed by atoms with Gasteiger partial charge in [-0.25, -0.2) is 0 Å². The molecule has 0 spiro atoms. The molecule has 1 heterocycles. The molecule has 0 saturated carbocycles. The standard InChI is InChI=1S/C25H27IN2O8/c1-33-22-8-15(12-30)6-17(26)24(22)36-21-10-16(25(32)27-4-5-29)9-18(23(21)31)28-11-14-2-3-19-20(7-14)35-13-34-19/h2-3,6-8,10,12,18,21,23,28-29,31H,4-5,9,11,13H2,1H3,(H,27,32). The van der Waals surface area contributed by atoms with Crippen molar-refractivity contribution in [3.05, 3.63) is 56.7 Å². The van der Waals surface area contributed by atoms with Gasteiger partial charge in [0, 0.05) is 30.3 Å². The van der Waals surface area contributed by atoms with E-state index in [0.717, 1.165) is 5.56 Å². The lowest BCUT2D eigenvalue weighted by Gasteiger charge is -2.34. The lowest BCUT2D eigenvalue weighted by atomic mass is 9.89. The van der Waals surface area contributed by atoms with Crippen molar-refractivity contribution in [3.63, 3.8) is 0 Å². The van der Waals surface area contributed by atoms with Gasteiger partial charge in [-0.2, -0.15) is 0 Å². The number of rotatable bonds is 10. The number of carbonyl (C=O) groups is 2. The van der Waals surface area contributed by atoms with Crippen molar-refractivity contribution in [1.29, 1.82) is 0 Å². The molecule has 192 valence electrons. The highest BCUT2D eigenvalue weighted by Crippen LogP contribution is 2.36. The Kier molecular flexibility index (Phi) is 8.67. The Balaban J connectivity index is 1.56. The van der Waals surface area contributed by atoms with Crippen LogP contribution in [0.15, 0.2) is 42.0 Å². The van der Waals surface area contributed by atoms with Crippen molar-refractivity contribution in [2.75, 3.05) is 27.1 Å². The number of fused-ring (bicyclic) bond motifs is 1. The second-order valence-electron chi connectivity index (χ2n) is 8.28. The largest absolute Gasteiger partial charge is 0.493 e. The average molecular weight is 610 g/mol. The summed E-state index contributed by atoms with van der Waals surface area (Å²) in [5.41, 5.74) is 1.77. The van der Waals surface area contributed by atoms with Gasteiger partial charge < -0.3 is 39.8 Å². The molecule has 0 bridgehead atoms. The quantitative estimate of drug-likeness (QED) is 0.234. The minimum Gasteiger partial charge on any atom is -0.493 e. The number of aldehydes is 1. The van der Waals surface area contributed by atoms with Gasteiger partial charge in [0.2, 0.25) is 12.7 Å². The molecule has 4 N–H and O–H groups in total. The molecule has 3 unspecified atom stereocenters. The Hall–Kier alpha value is -2.87. The van der Waals surface area contributed by atoms with Gasteiger partial charge in [0.25, 0.3) is 0 Å². The fourth-order valence-corrected chi connectivity index (χ4v) is 4.81. The summed E-state index contributed by atoms with van der Waals surface area (Å²) in [5, 5.41) is 26.3. The predicted octanol–water partition coefficient (Wildman–Crippen LogP) is 1.55. The van der Waals surface area contributed by atoms with E-state index >= 15 is 0 Å². The van der Waals surface area contributed by atoms with Crippen LogP contribution in [0.1, 0.15) is 22.3 Å². The zero-order valence-electron chi connectivity index (χ0n) is 19.5. The molecule has 1 amide bonds. The number of hydrogen-bond donors (Lipinski definition) is 4. The third-order valence-electron chi connectivity index (χ3n) is 5.89. The van der Waals surface area contributed by atoms with E-state index in [4.69, 9.17) is 24.1 Å². The number of carbonyl (C=O) groups excluding carboxylic acids is 2. The molecule has 0 fully saturated rings. The van der Waals surface area contributed by atoms with E-state index in [1.807, 2.05) is 40.8 Å². The van der Waals surface area contributed by atoms with E-state index in [-0.39, 0.29) is 32.3 Å². The maximum absolute atomic E-state index is 12.7. The fraction of sp³-hybridized carbons (Fsp3) is 0.360. The Bertz CT molecular complexity index is 1160. The van der Waals surface area contributed by atoms with Gasteiger partial charge in [-0.05, 0) is 64.9 Å². The van der Waals surface area contributed by atoms with Crippen LogP contribution >= 0.6 is 22.6 Å². The minimum atomic E-state index is -1.00. The number of hydrogen-bond acceptors (Lipinski definition) is 9. The summed E-state index contributed by atoms with van der Waals surface area (Å²) in [6.45, 7) is 0.509. The summed E-state index contributed by atoms with van der Waals surface area (Å²) in [4.78, 5) is 24.0. The van der Waals surface area contributed by atoms with Crippen molar-refractivity contribution in [2.24, 2.45) is 0 Å². The monoisotopic (exact) mass is 610 g/mol. The van der Waals surface area contributed by atoms with E-state index < -0.39 is 18.2 Å². The van der Waals surface area contributed by atoms with Gasteiger partial charge in [0.15, 0.2) is 23.0 Å². The Morgan fingerprint density at radius 3 is 2.81 bits per heavy atom. The number of benzene rings is 2. The zero-order chi connectivity index (χ0) is 25.7. The molecule has 2 aromatic carbocycles. The minimum absolute atomic E-state index is 0.110. The molecule has 36 heavy (non-hydrogen) atoms. The lowest BCUT2D eigenvalue weighted by molar-refractivity contribution is -0.118. The summed E-state index contributed by atoms with van der Waals surface area (Å²) in [7, 11) is 1.46. The lowest BCUT2D eigenvalue weighted by Crippen LogP contribution is -2.51. The van der Waals surface area contributed by atoms with Gasteiger partial charge in [-0.1, -0.05) is 6.07 Å². The molecule has 0 saturated heterocycles. The average Bonchev–Trinajstić information content (AvgIpc) is 3.36. The van der Waals surface area contributed by atoms with Gasteiger partial charge in [0.1, 0.15) is 18.5 Å². The predicted molar refractivity (Wildman–Crippen MR) is 138 cm³/mol. The highest BCUT2D eigenvalue weighted by Gasteiger charge is 2.36. The second kappa shape index (κ2) is 11.9. The maximum Gasteiger partial charge on any atom is 0.247 e. The normalized spacial score (nSPS) is 20.4. The molecule has 10 nitrogen and oxygen atoms in total. The number of aliphatic hydroxyl groups excluding tert-OH is 2. The summed E-state index contributed by atoms with van der Waals surface area (Å²) < 4.78 is 23.0.